The lowest BCUT2D eigenvalue weighted by molar-refractivity contribution is 0.166. The maximum atomic E-state index is 9.37. The van der Waals surface area contributed by atoms with Crippen LogP contribution in [0.15, 0.2) is 18.2 Å². The van der Waals surface area contributed by atoms with Gasteiger partial charge >= 0.3 is 0 Å². The molecule has 1 aliphatic rings. The first-order valence-corrected chi connectivity index (χ1v) is 6.90. The van der Waals surface area contributed by atoms with Gasteiger partial charge in [0, 0.05) is 24.4 Å². The second-order valence-electron chi connectivity index (χ2n) is 6.25. The van der Waals surface area contributed by atoms with E-state index in [0.29, 0.717) is 12.5 Å². The van der Waals surface area contributed by atoms with Crippen LogP contribution in [0, 0.1) is 19.8 Å². The van der Waals surface area contributed by atoms with Gasteiger partial charge < -0.3 is 10.0 Å². The summed E-state index contributed by atoms with van der Waals surface area (Å²) >= 11 is 0. The lowest BCUT2D eigenvalue weighted by Gasteiger charge is -2.48. The number of aryl methyl sites for hydroxylation is 2. The van der Waals surface area contributed by atoms with E-state index in [4.69, 9.17) is 0 Å². The molecule has 1 aromatic carbocycles. The van der Waals surface area contributed by atoms with Crippen molar-refractivity contribution >= 4 is 5.69 Å². The molecule has 0 saturated carbocycles. The molecule has 18 heavy (non-hydrogen) atoms. The zero-order chi connectivity index (χ0) is 13.3. The fourth-order valence-corrected chi connectivity index (χ4v) is 3.33. The summed E-state index contributed by atoms with van der Waals surface area (Å²) in [6, 6.07) is 6.51. The van der Waals surface area contributed by atoms with Crippen molar-refractivity contribution in [2.24, 2.45) is 5.92 Å². The zero-order valence-corrected chi connectivity index (χ0v) is 12.0. The van der Waals surface area contributed by atoms with E-state index in [-0.39, 0.29) is 5.54 Å². The van der Waals surface area contributed by atoms with Gasteiger partial charge in [-0.05, 0) is 57.6 Å². The number of anilines is 1. The number of nitrogens with zero attached hydrogens (tertiary/aromatic N) is 1. The molecule has 1 aliphatic heterocycles. The fraction of sp³-hybridized carbons (Fsp3) is 0.625. The Morgan fingerprint density at radius 2 is 1.89 bits per heavy atom. The highest BCUT2D eigenvalue weighted by Crippen LogP contribution is 2.38. The summed E-state index contributed by atoms with van der Waals surface area (Å²) in [5.41, 5.74) is 4.22. The van der Waals surface area contributed by atoms with Crippen molar-refractivity contribution in [3.8, 4) is 0 Å². The summed E-state index contributed by atoms with van der Waals surface area (Å²) < 4.78 is 0. The number of hydrogen-bond acceptors (Lipinski definition) is 2. The molecule has 1 aromatic rings. The van der Waals surface area contributed by atoms with Crippen molar-refractivity contribution in [1.82, 2.24) is 0 Å². The second kappa shape index (κ2) is 4.93. The van der Waals surface area contributed by atoms with E-state index in [1.165, 1.54) is 16.8 Å². The van der Waals surface area contributed by atoms with Gasteiger partial charge in [0.2, 0.25) is 0 Å². The van der Waals surface area contributed by atoms with Crippen molar-refractivity contribution in [2.45, 2.75) is 46.1 Å². The highest BCUT2D eigenvalue weighted by molar-refractivity contribution is 5.60. The molecule has 2 rings (SSSR count). The number of hydrogen-bond donors (Lipinski definition) is 1. The van der Waals surface area contributed by atoms with Gasteiger partial charge in [0.25, 0.3) is 0 Å². The lowest BCUT2D eigenvalue weighted by Crippen LogP contribution is -2.51. The van der Waals surface area contributed by atoms with Crippen molar-refractivity contribution in [1.29, 1.82) is 0 Å². The maximum Gasteiger partial charge on any atom is 0.0460 e. The second-order valence-corrected chi connectivity index (χ2v) is 6.25. The largest absolute Gasteiger partial charge is 0.396 e. The molecule has 0 bridgehead atoms. The monoisotopic (exact) mass is 247 g/mol. The molecule has 0 aliphatic carbocycles. The maximum absolute atomic E-state index is 9.37. The number of aliphatic hydroxyl groups excluding tert-OH is 1. The Balaban J connectivity index is 2.34. The van der Waals surface area contributed by atoms with Crippen molar-refractivity contribution in [2.75, 3.05) is 18.1 Å². The van der Waals surface area contributed by atoms with Crippen molar-refractivity contribution in [3.05, 3.63) is 29.3 Å². The van der Waals surface area contributed by atoms with Crippen LogP contribution in [0.3, 0.4) is 0 Å². The molecular weight excluding hydrogens is 222 g/mol. The number of piperidine rings is 1. The van der Waals surface area contributed by atoms with Crippen LogP contribution >= 0.6 is 0 Å². The van der Waals surface area contributed by atoms with E-state index in [1.54, 1.807) is 0 Å². The Morgan fingerprint density at radius 3 is 2.39 bits per heavy atom. The van der Waals surface area contributed by atoms with Crippen LogP contribution in [0.25, 0.3) is 0 Å². The molecule has 0 radical (unpaired) electrons. The SMILES string of the molecule is Cc1cccc(C)c1N1CCC(CO)CC1(C)C. The number of para-hydroxylation sites is 1. The molecule has 0 aromatic heterocycles. The molecule has 100 valence electrons. The van der Waals surface area contributed by atoms with Gasteiger partial charge in [0.05, 0.1) is 0 Å². The van der Waals surface area contributed by atoms with Gasteiger partial charge in [0.1, 0.15) is 0 Å². The quantitative estimate of drug-likeness (QED) is 0.867. The fourth-order valence-electron chi connectivity index (χ4n) is 3.33. The predicted molar refractivity (Wildman–Crippen MR) is 77.2 cm³/mol. The lowest BCUT2D eigenvalue weighted by atomic mass is 9.82. The molecule has 2 nitrogen and oxygen atoms in total. The Labute approximate surface area is 111 Å². The molecule has 1 fully saturated rings. The van der Waals surface area contributed by atoms with Crippen LogP contribution < -0.4 is 4.90 Å². The first kappa shape index (κ1) is 13.4. The van der Waals surface area contributed by atoms with E-state index in [1.807, 2.05) is 0 Å². The molecule has 0 amide bonds. The van der Waals surface area contributed by atoms with Gasteiger partial charge in [0.15, 0.2) is 0 Å². The average Bonchev–Trinajstić information content (AvgIpc) is 2.30. The molecule has 1 unspecified atom stereocenters. The molecule has 1 atom stereocenters. The number of aliphatic hydroxyl groups is 1. The van der Waals surface area contributed by atoms with E-state index in [0.717, 1.165) is 19.4 Å². The molecule has 1 N–H and O–H groups in total. The van der Waals surface area contributed by atoms with Crippen LogP contribution in [0.5, 0.6) is 0 Å². The van der Waals surface area contributed by atoms with Crippen LogP contribution in [0.1, 0.15) is 37.8 Å². The average molecular weight is 247 g/mol. The van der Waals surface area contributed by atoms with Gasteiger partial charge in [-0.3, -0.25) is 0 Å². The smallest absolute Gasteiger partial charge is 0.0460 e. The van der Waals surface area contributed by atoms with Crippen molar-refractivity contribution in [3.63, 3.8) is 0 Å². The first-order valence-electron chi connectivity index (χ1n) is 6.90. The molecule has 1 heterocycles. The minimum atomic E-state index is 0.127. The summed E-state index contributed by atoms with van der Waals surface area (Å²) in [6.07, 6.45) is 2.16. The van der Waals surface area contributed by atoms with Crippen LogP contribution in [0.2, 0.25) is 0 Å². The molecule has 0 spiro atoms. The first-order chi connectivity index (χ1) is 8.45. The number of benzene rings is 1. The summed E-state index contributed by atoms with van der Waals surface area (Å²) in [4.78, 5) is 2.53. The molecular formula is C16H25NO. The summed E-state index contributed by atoms with van der Waals surface area (Å²) in [5.74, 6) is 0.459. The summed E-state index contributed by atoms with van der Waals surface area (Å²) in [5, 5.41) is 9.37. The van der Waals surface area contributed by atoms with E-state index in [9.17, 15) is 5.11 Å². The van der Waals surface area contributed by atoms with E-state index >= 15 is 0 Å². The van der Waals surface area contributed by atoms with Gasteiger partial charge in [-0.15, -0.1) is 0 Å². The zero-order valence-electron chi connectivity index (χ0n) is 12.0. The van der Waals surface area contributed by atoms with Gasteiger partial charge in [-0.1, -0.05) is 18.2 Å². The highest BCUT2D eigenvalue weighted by Gasteiger charge is 2.35. The standard InChI is InChI=1S/C16H25NO/c1-12-6-5-7-13(2)15(12)17-9-8-14(11-18)10-16(17,3)4/h5-7,14,18H,8-11H2,1-4H3. The third-order valence-corrected chi connectivity index (χ3v) is 4.25. The Kier molecular flexibility index (Phi) is 3.67. The van der Waals surface area contributed by atoms with Gasteiger partial charge in [-0.2, -0.15) is 0 Å². The van der Waals surface area contributed by atoms with Crippen LogP contribution in [-0.2, 0) is 0 Å². The molecule has 2 heteroatoms. The number of rotatable bonds is 2. The Morgan fingerprint density at radius 1 is 1.28 bits per heavy atom. The third-order valence-electron chi connectivity index (χ3n) is 4.25. The third kappa shape index (κ3) is 2.39. The molecule has 1 saturated heterocycles. The van der Waals surface area contributed by atoms with Crippen molar-refractivity contribution < 1.29 is 5.11 Å². The van der Waals surface area contributed by atoms with Crippen LogP contribution in [0.4, 0.5) is 5.69 Å². The Hall–Kier alpha value is -1.02. The highest BCUT2D eigenvalue weighted by atomic mass is 16.3. The summed E-state index contributed by atoms with van der Waals surface area (Å²) in [7, 11) is 0. The normalized spacial score (nSPS) is 23.2. The minimum Gasteiger partial charge on any atom is -0.396 e. The van der Waals surface area contributed by atoms with E-state index in [2.05, 4.69) is 50.8 Å². The van der Waals surface area contributed by atoms with Gasteiger partial charge in [-0.25, -0.2) is 0 Å². The van der Waals surface area contributed by atoms with Crippen LogP contribution in [-0.4, -0.2) is 23.8 Å². The predicted octanol–water partition coefficient (Wildman–Crippen LogP) is 3.29. The minimum absolute atomic E-state index is 0.127. The topological polar surface area (TPSA) is 23.5 Å². The summed E-state index contributed by atoms with van der Waals surface area (Å²) in [6.45, 7) is 10.3. The Bertz CT molecular complexity index is 405. The van der Waals surface area contributed by atoms with E-state index < -0.39 is 0 Å².